The van der Waals surface area contributed by atoms with Gasteiger partial charge >= 0.3 is 0 Å². The number of nitrogens with zero attached hydrogens (tertiary/aromatic N) is 1. The average molecular weight is 674 g/mol. The first-order valence-corrected chi connectivity index (χ1v) is 18.3. The van der Waals surface area contributed by atoms with Gasteiger partial charge in [0.2, 0.25) is 0 Å². The molecule has 0 atom stereocenters. The van der Waals surface area contributed by atoms with E-state index >= 15 is 0 Å². The van der Waals surface area contributed by atoms with Crippen LogP contribution in [0.3, 0.4) is 0 Å². The Morgan fingerprint density at radius 1 is 0.245 bits per heavy atom. The van der Waals surface area contributed by atoms with Gasteiger partial charge in [-0.15, -0.1) is 0 Å². The number of para-hydroxylation sites is 2. The molecule has 0 N–H and O–H groups in total. The topological polar surface area (TPSA) is 3.24 Å². The van der Waals surface area contributed by atoms with Gasteiger partial charge in [-0.25, -0.2) is 0 Å². The van der Waals surface area contributed by atoms with Crippen molar-refractivity contribution in [2.75, 3.05) is 4.90 Å². The van der Waals surface area contributed by atoms with E-state index in [1.165, 1.54) is 76.5 Å². The van der Waals surface area contributed by atoms with Gasteiger partial charge in [0, 0.05) is 16.8 Å². The summed E-state index contributed by atoms with van der Waals surface area (Å²) in [5, 5.41) is 9.98. The van der Waals surface area contributed by atoms with Crippen molar-refractivity contribution >= 4 is 60.2 Å². The minimum Gasteiger partial charge on any atom is -0.309 e. The number of benzene rings is 10. The lowest BCUT2D eigenvalue weighted by Gasteiger charge is -2.30. The van der Waals surface area contributed by atoms with E-state index < -0.39 is 0 Å². The van der Waals surface area contributed by atoms with Crippen molar-refractivity contribution in [1.29, 1.82) is 0 Å². The van der Waals surface area contributed by atoms with Crippen molar-refractivity contribution in [2.24, 2.45) is 0 Å². The molecule has 10 rings (SSSR count). The van der Waals surface area contributed by atoms with Crippen LogP contribution in [0.5, 0.6) is 0 Å². The van der Waals surface area contributed by atoms with Crippen molar-refractivity contribution in [3.8, 4) is 33.4 Å². The van der Waals surface area contributed by atoms with Crippen LogP contribution >= 0.6 is 0 Å². The summed E-state index contributed by atoms with van der Waals surface area (Å²) >= 11 is 0. The molecule has 0 fully saturated rings. The molecule has 0 spiro atoms. The smallest absolute Gasteiger partial charge is 0.0540 e. The van der Waals surface area contributed by atoms with Gasteiger partial charge in [-0.05, 0) is 95.7 Å². The first kappa shape index (κ1) is 30.8. The Labute approximate surface area is 309 Å². The molecule has 10 aromatic carbocycles. The molecular formula is C52H35N. The summed E-state index contributed by atoms with van der Waals surface area (Å²) in [6, 6.07) is 77.3. The zero-order valence-corrected chi connectivity index (χ0v) is 29.2. The zero-order valence-electron chi connectivity index (χ0n) is 29.2. The van der Waals surface area contributed by atoms with E-state index in [0.717, 1.165) is 17.1 Å². The van der Waals surface area contributed by atoms with Gasteiger partial charge in [0.1, 0.15) is 0 Å². The second kappa shape index (κ2) is 13.0. The Bertz CT molecular complexity index is 2940. The summed E-state index contributed by atoms with van der Waals surface area (Å²) < 4.78 is 0. The van der Waals surface area contributed by atoms with E-state index in [2.05, 4.69) is 217 Å². The zero-order chi connectivity index (χ0) is 35.1. The maximum absolute atomic E-state index is 2.46. The molecule has 0 aliphatic carbocycles. The third-order valence-corrected chi connectivity index (χ3v) is 10.7. The van der Waals surface area contributed by atoms with Gasteiger partial charge in [-0.1, -0.05) is 182 Å². The second-order valence-corrected chi connectivity index (χ2v) is 13.7. The van der Waals surface area contributed by atoms with Crippen LogP contribution < -0.4 is 4.90 Å². The fourth-order valence-electron chi connectivity index (χ4n) is 8.21. The molecule has 0 saturated carbocycles. The Hall–Kier alpha value is -6.96. The van der Waals surface area contributed by atoms with Crippen LogP contribution in [0.15, 0.2) is 212 Å². The number of hydrogen-bond acceptors (Lipinski definition) is 1. The van der Waals surface area contributed by atoms with Crippen molar-refractivity contribution in [3.05, 3.63) is 212 Å². The molecule has 0 saturated heterocycles. The van der Waals surface area contributed by atoms with Crippen molar-refractivity contribution < 1.29 is 0 Å². The molecule has 0 bridgehead atoms. The monoisotopic (exact) mass is 673 g/mol. The Balaban J connectivity index is 1.23. The molecule has 10 aromatic rings. The Morgan fingerprint density at radius 3 is 1.34 bits per heavy atom. The molecule has 53 heavy (non-hydrogen) atoms. The summed E-state index contributed by atoms with van der Waals surface area (Å²) in [4.78, 5) is 2.46. The highest BCUT2D eigenvalue weighted by atomic mass is 15.1. The van der Waals surface area contributed by atoms with Gasteiger partial charge in [0.05, 0.1) is 11.4 Å². The molecule has 1 nitrogen and oxygen atoms in total. The maximum atomic E-state index is 2.46. The quantitative estimate of drug-likeness (QED) is 0.159. The van der Waals surface area contributed by atoms with Crippen LogP contribution in [-0.4, -0.2) is 0 Å². The predicted octanol–water partition coefficient (Wildman–Crippen LogP) is 14.8. The van der Waals surface area contributed by atoms with Crippen LogP contribution in [0.1, 0.15) is 0 Å². The molecule has 0 unspecified atom stereocenters. The summed E-state index contributed by atoms with van der Waals surface area (Å²) in [6.45, 7) is 0. The van der Waals surface area contributed by atoms with E-state index in [4.69, 9.17) is 0 Å². The predicted molar refractivity (Wildman–Crippen MR) is 227 cm³/mol. The van der Waals surface area contributed by atoms with E-state index in [0.29, 0.717) is 0 Å². The molecule has 0 radical (unpaired) electrons. The third kappa shape index (κ3) is 5.34. The normalized spacial score (nSPS) is 11.4. The maximum Gasteiger partial charge on any atom is 0.0540 e. The number of anilines is 3. The van der Waals surface area contributed by atoms with Gasteiger partial charge in [-0.2, -0.15) is 0 Å². The average Bonchev–Trinajstić information content (AvgIpc) is 3.24. The largest absolute Gasteiger partial charge is 0.309 e. The van der Waals surface area contributed by atoms with Crippen molar-refractivity contribution in [2.45, 2.75) is 0 Å². The molecule has 248 valence electrons. The molecule has 0 aliphatic heterocycles. The fourth-order valence-corrected chi connectivity index (χ4v) is 8.21. The molecule has 0 aliphatic rings. The van der Waals surface area contributed by atoms with Crippen LogP contribution in [0.4, 0.5) is 17.1 Å². The lowest BCUT2D eigenvalue weighted by Crippen LogP contribution is -2.12. The summed E-state index contributed by atoms with van der Waals surface area (Å²) in [7, 11) is 0. The standard InChI is InChI=1S/C52H35N/c1-4-20-41-36(15-1)18-13-27-42(41)38-31-33-40(34-32-38)53(51-29-11-9-25-48(51)46-28-14-19-37-16-2-5-21-43(37)46)52-30-12-10-26-49(52)50-35-39-17-3-6-22-44(39)45-23-7-8-24-47(45)50/h1-35H. The number of hydrogen-bond donors (Lipinski definition) is 0. The van der Waals surface area contributed by atoms with E-state index in [1.54, 1.807) is 0 Å². The first-order valence-electron chi connectivity index (χ1n) is 18.3. The summed E-state index contributed by atoms with van der Waals surface area (Å²) in [5.41, 5.74) is 10.6. The fraction of sp³-hybridized carbons (Fsp3) is 0. The van der Waals surface area contributed by atoms with E-state index in [9.17, 15) is 0 Å². The van der Waals surface area contributed by atoms with Gasteiger partial charge in [-0.3, -0.25) is 0 Å². The molecule has 0 aromatic heterocycles. The van der Waals surface area contributed by atoms with Gasteiger partial charge in [0.15, 0.2) is 0 Å². The summed E-state index contributed by atoms with van der Waals surface area (Å²) in [6.07, 6.45) is 0. The number of fused-ring (bicyclic) bond motifs is 5. The molecular weight excluding hydrogens is 639 g/mol. The molecule has 0 amide bonds. The lowest BCUT2D eigenvalue weighted by atomic mass is 9.91. The van der Waals surface area contributed by atoms with Crippen LogP contribution in [0, 0.1) is 0 Å². The van der Waals surface area contributed by atoms with Gasteiger partial charge < -0.3 is 4.90 Å². The van der Waals surface area contributed by atoms with Crippen LogP contribution in [0.25, 0.3) is 76.5 Å². The van der Waals surface area contributed by atoms with E-state index in [-0.39, 0.29) is 0 Å². The minimum absolute atomic E-state index is 1.10. The highest BCUT2D eigenvalue weighted by Crippen LogP contribution is 2.47. The molecule has 0 heterocycles. The van der Waals surface area contributed by atoms with Crippen LogP contribution in [-0.2, 0) is 0 Å². The molecule has 1 heteroatoms. The highest BCUT2D eigenvalue weighted by molar-refractivity contribution is 6.15. The lowest BCUT2D eigenvalue weighted by molar-refractivity contribution is 1.29. The summed E-state index contributed by atoms with van der Waals surface area (Å²) in [5.74, 6) is 0. The van der Waals surface area contributed by atoms with Gasteiger partial charge in [0.25, 0.3) is 0 Å². The van der Waals surface area contributed by atoms with E-state index in [1.807, 2.05) is 0 Å². The Morgan fingerprint density at radius 2 is 0.679 bits per heavy atom. The first-order chi connectivity index (χ1) is 26.3. The number of rotatable bonds is 6. The van der Waals surface area contributed by atoms with Crippen molar-refractivity contribution in [1.82, 2.24) is 0 Å². The second-order valence-electron chi connectivity index (χ2n) is 13.7. The minimum atomic E-state index is 1.10. The SMILES string of the molecule is c1ccc(N(c2ccc(-c3cccc4ccccc34)cc2)c2ccccc2-c2cc3ccccc3c3ccccc23)c(-c2cccc3ccccc23)c1. The third-order valence-electron chi connectivity index (χ3n) is 10.7. The highest BCUT2D eigenvalue weighted by Gasteiger charge is 2.22. The Kier molecular flexibility index (Phi) is 7.55. The van der Waals surface area contributed by atoms with Crippen LogP contribution in [0.2, 0.25) is 0 Å². The van der Waals surface area contributed by atoms with Crippen molar-refractivity contribution in [3.63, 3.8) is 0 Å².